The van der Waals surface area contributed by atoms with Crippen LogP contribution in [0.15, 0.2) is 44.4 Å². The van der Waals surface area contributed by atoms with Gasteiger partial charge in [-0.2, -0.15) is 0 Å². The Bertz CT molecular complexity index is 1350. The van der Waals surface area contributed by atoms with Gasteiger partial charge in [0.05, 0.1) is 22.2 Å². The first-order valence-electron chi connectivity index (χ1n) is 9.91. The van der Waals surface area contributed by atoms with Crippen LogP contribution in [0.1, 0.15) is 44.0 Å². The summed E-state index contributed by atoms with van der Waals surface area (Å²) in [7, 11) is 0. The van der Waals surface area contributed by atoms with Gasteiger partial charge in [-0.15, -0.1) is 11.3 Å². The predicted octanol–water partition coefficient (Wildman–Crippen LogP) is 5.15. The Balaban J connectivity index is 1.57. The van der Waals surface area contributed by atoms with Gasteiger partial charge in [0.1, 0.15) is 10.5 Å². The molecule has 1 aromatic carbocycles. The van der Waals surface area contributed by atoms with E-state index in [1.807, 2.05) is 16.0 Å². The van der Waals surface area contributed by atoms with E-state index in [1.165, 1.54) is 29.5 Å². The Kier molecular flexibility index (Phi) is 5.39. The first-order chi connectivity index (χ1) is 14.6. The van der Waals surface area contributed by atoms with E-state index in [1.54, 1.807) is 18.2 Å². The lowest BCUT2D eigenvalue weighted by atomic mass is 9.95. The summed E-state index contributed by atoms with van der Waals surface area (Å²) in [5.41, 5.74) is 1.13. The van der Waals surface area contributed by atoms with Crippen molar-refractivity contribution in [3.8, 4) is 0 Å². The van der Waals surface area contributed by atoms with Gasteiger partial charge in [-0.3, -0.25) is 14.2 Å². The van der Waals surface area contributed by atoms with E-state index in [4.69, 9.17) is 16.6 Å². The molecule has 1 aliphatic rings. The van der Waals surface area contributed by atoms with Crippen molar-refractivity contribution in [2.24, 2.45) is 0 Å². The van der Waals surface area contributed by atoms with Gasteiger partial charge >= 0.3 is 0 Å². The lowest BCUT2D eigenvalue weighted by molar-refractivity contribution is 0.326. The molecular weight excluding hydrogens is 440 g/mol. The van der Waals surface area contributed by atoms with E-state index in [0.717, 1.165) is 25.7 Å². The highest BCUT2D eigenvalue weighted by Crippen LogP contribution is 2.32. The third-order valence-corrected chi connectivity index (χ3v) is 7.57. The summed E-state index contributed by atoms with van der Waals surface area (Å²) in [4.78, 5) is 37.8. The molecule has 0 atom stereocenters. The van der Waals surface area contributed by atoms with E-state index in [9.17, 15) is 9.59 Å². The Morgan fingerprint density at radius 3 is 2.80 bits per heavy atom. The number of aromatic nitrogens is 4. The second kappa shape index (κ2) is 8.17. The van der Waals surface area contributed by atoms with Gasteiger partial charge in [0.25, 0.3) is 11.1 Å². The summed E-state index contributed by atoms with van der Waals surface area (Å²) in [6.07, 6.45) is 5.39. The largest absolute Gasteiger partial charge is 0.309 e. The fraction of sp³-hybridized carbons (Fsp3) is 0.333. The fourth-order valence-corrected chi connectivity index (χ4v) is 5.87. The highest BCUT2D eigenvalue weighted by molar-refractivity contribution is 7.98. The number of hydrogen-bond donors (Lipinski definition) is 1. The number of nitrogens with one attached hydrogen (secondary N) is 1. The molecule has 0 unspecified atom stereocenters. The number of nitrogens with zero attached hydrogens (tertiary/aromatic N) is 3. The third-order valence-electron chi connectivity index (χ3n) is 5.47. The molecule has 1 aliphatic carbocycles. The summed E-state index contributed by atoms with van der Waals surface area (Å²) < 4.78 is 2.47. The second-order valence-electron chi connectivity index (χ2n) is 7.46. The molecule has 30 heavy (non-hydrogen) atoms. The van der Waals surface area contributed by atoms with Gasteiger partial charge < -0.3 is 4.98 Å². The van der Waals surface area contributed by atoms with Crippen molar-refractivity contribution in [2.45, 2.75) is 49.1 Å². The number of benzene rings is 1. The molecule has 154 valence electrons. The molecule has 0 radical (unpaired) electrons. The highest BCUT2D eigenvalue weighted by atomic mass is 35.5. The fourth-order valence-electron chi connectivity index (χ4n) is 4.04. The number of H-pyrrole nitrogens is 1. The van der Waals surface area contributed by atoms with Crippen molar-refractivity contribution >= 4 is 55.8 Å². The number of thioether (sulfide) groups is 1. The number of hydrogen-bond acceptors (Lipinski definition) is 6. The van der Waals surface area contributed by atoms with Gasteiger partial charge in [0, 0.05) is 11.1 Å². The minimum absolute atomic E-state index is 0.0270. The lowest BCUT2D eigenvalue weighted by Crippen LogP contribution is -2.29. The second-order valence-corrected chi connectivity index (χ2v) is 9.75. The average molecular weight is 459 g/mol. The monoisotopic (exact) mass is 458 g/mol. The van der Waals surface area contributed by atoms with Crippen LogP contribution in [-0.4, -0.2) is 19.5 Å². The number of halogens is 1. The molecule has 3 heterocycles. The smallest absolute Gasteiger partial charge is 0.268 e. The van der Waals surface area contributed by atoms with Crippen molar-refractivity contribution in [1.29, 1.82) is 0 Å². The van der Waals surface area contributed by atoms with Crippen LogP contribution in [0.3, 0.4) is 0 Å². The van der Waals surface area contributed by atoms with Crippen molar-refractivity contribution in [1.82, 2.24) is 19.5 Å². The third kappa shape index (κ3) is 3.68. The molecule has 9 heteroatoms. The van der Waals surface area contributed by atoms with E-state index in [-0.39, 0.29) is 17.2 Å². The van der Waals surface area contributed by atoms with Crippen molar-refractivity contribution < 1.29 is 0 Å². The van der Waals surface area contributed by atoms with Crippen LogP contribution < -0.4 is 11.1 Å². The Hall–Kier alpha value is -2.16. The molecule has 3 aromatic heterocycles. The SMILES string of the molecule is O=c1[nH]c(CSc2nc3cc(Cl)ccc3c(=O)n2C2CCCCC2)nc2ccsc12. The van der Waals surface area contributed by atoms with Gasteiger partial charge in [0.15, 0.2) is 5.16 Å². The highest BCUT2D eigenvalue weighted by Gasteiger charge is 2.22. The summed E-state index contributed by atoms with van der Waals surface area (Å²) in [6.45, 7) is 0. The molecule has 1 fully saturated rings. The van der Waals surface area contributed by atoms with E-state index < -0.39 is 0 Å². The molecule has 4 aromatic rings. The standard InChI is InChI=1S/C21H19ClN4O2S2/c22-12-6-7-14-16(10-12)24-21(26(20(14)28)13-4-2-1-3-5-13)30-11-17-23-15-8-9-29-18(15)19(27)25-17/h6-10,13H,1-5,11H2,(H,23,25,27). The molecule has 5 rings (SSSR count). The Morgan fingerprint density at radius 1 is 1.13 bits per heavy atom. The maximum atomic E-state index is 13.4. The number of aromatic amines is 1. The molecule has 0 amide bonds. The zero-order chi connectivity index (χ0) is 20.7. The normalized spacial score (nSPS) is 15.2. The van der Waals surface area contributed by atoms with E-state index >= 15 is 0 Å². The van der Waals surface area contributed by atoms with Crippen LogP contribution in [0.25, 0.3) is 21.1 Å². The van der Waals surface area contributed by atoms with Crippen LogP contribution >= 0.6 is 34.7 Å². The van der Waals surface area contributed by atoms with Crippen LogP contribution in [0.4, 0.5) is 0 Å². The minimum atomic E-state index is -0.131. The van der Waals surface area contributed by atoms with E-state index in [0.29, 0.717) is 42.9 Å². The molecule has 0 aliphatic heterocycles. The molecule has 0 bridgehead atoms. The van der Waals surface area contributed by atoms with Crippen molar-refractivity contribution in [3.63, 3.8) is 0 Å². The van der Waals surface area contributed by atoms with Gasteiger partial charge in [-0.1, -0.05) is 42.6 Å². The van der Waals surface area contributed by atoms with Gasteiger partial charge in [-0.05, 0) is 42.5 Å². The maximum Gasteiger partial charge on any atom is 0.268 e. The predicted molar refractivity (Wildman–Crippen MR) is 123 cm³/mol. The summed E-state index contributed by atoms with van der Waals surface area (Å²) in [6, 6.07) is 7.20. The number of fused-ring (bicyclic) bond motifs is 2. The average Bonchev–Trinajstić information content (AvgIpc) is 3.22. The zero-order valence-electron chi connectivity index (χ0n) is 16.1. The van der Waals surface area contributed by atoms with Gasteiger partial charge in [0.2, 0.25) is 0 Å². The molecule has 1 saturated carbocycles. The zero-order valence-corrected chi connectivity index (χ0v) is 18.4. The minimum Gasteiger partial charge on any atom is -0.309 e. The van der Waals surface area contributed by atoms with Crippen LogP contribution in [0, 0.1) is 0 Å². The lowest BCUT2D eigenvalue weighted by Gasteiger charge is -2.26. The first kappa shape index (κ1) is 19.8. The summed E-state index contributed by atoms with van der Waals surface area (Å²) in [5, 5.41) is 3.64. The molecule has 1 N–H and O–H groups in total. The number of rotatable bonds is 4. The van der Waals surface area contributed by atoms with Gasteiger partial charge in [-0.25, -0.2) is 9.97 Å². The summed E-state index contributed by atoms with van der Waals surface area (Å²) >= 11 is 8.95. The van der Waals surface area contributed by atoms with Crippen molar-refractivity contribution in [3.05, 3.63) is 61.2 Å². The molecule has 0 spiro atoms. The number of thiophene rings is 1. The van der Waals surface area contributed by atoms with Crippen LogP contribution in [0.5, 0.6) is 0 Å². The molecule has 0 saturated heterocycles. The Labute approximate surface area is 185 Å². The molecular formula is C21H19ClN4O2S2. The van der Waals surface area contributed by atoms with Crippen LogP contribution in [0.2, 0.25) is 5.02 Å². The van der Waals surface area contributed by atoms with E-state index in [2.05, 4.69) is 9.97 Å². The quantitative estimate of drug-likeness (QED) is 0.338. The summed E-state index contributed by atoms with van der Waals surface area (Å²) in [5.74, 6) is 0.998. The molecule has 6 nitrogen and oxygen atoms in total. The Morgan fingerprint density at radius 2 is 1.97 bits per heavy atom. The maximum absolute atomic E-state index is 13.4. The topological polar surface area (TPSA) is 80.6 Å². The van der Waals surface area contributed by atoms with Crippen molar-refractivity contribution in [2.75, 3.05) is 0 Å². The first-order valence-corrected chi connectivity index (χ1v) is 12.2. The van der Waals surface area contributed by atoms with Crippen LogP contribution in [-0.2, 0) is 5.75 Å².